The maximum absolute atomic E-state index is 11.1. The van der Waals surface area contributed by atoms with Crippen molar-refractivity contribution in [1.82, 2.24) is 5.32 Å². The molecule has 0 aliphatic carbocycles. The molecule has 0 aromatic rings. The molecule has 1 saturated heterocycles. The number of alkyl carbamates (subject to hydrolysis) is 1. The topological polar surface area (TPSA) is 75.3 Å². The van der Waals surface area contributed by atoms with Gasteiger partial charge in [-0.3, -0.25) is 5.32 Å². The smallest absolute Gasteiger partial charge is 0.409 e. The van der Waals surface area contributed by atoms with Gasteiger partial charge in [-0.2, -0.15) is 0 Å². The SMILES string of the molecule is O=C1NCOCCOCCOCCOCCO1. The van der Waals surface area contributed by atoms with E-state index in [0.717, 1.165) is 0 Å². The fraction of sp³-hybridized carbons (Fsp3) is 0.900. The fourth-order valence-electron chi connectivity index (χ4n) is 1.09. The molecular formula is C10H19NO6. The summed E-state index contributed by atoms with van der Waals surface area (Å²) in [6.07, 6.45) is -0.516. The van der Waals surface area contributed by atoms with Gasteiger partial charge < -0.3 is 23.7 Å². The van der Waals surface area contributed by atoms with Crippen LogP contribution >= 0.6 is 0 Å². The van der Waals surface area contributed by atoms with Crippen molar-refractivity contribution in [3.05, 3.63) is 0 Å². The molecule has 1 N–H and O–H groups in total. The van der Waals surface area contributed by atoms with Crippen LogP contribution in [0.2, 0.25) is 0 Å². The Morgan fingerprint density at radius 1 is 0.706 bits per heavy atom. The van der Waals surface area contributed by atoms with E-state index in [9.17, 15) is 4.79 Å². The van der Waals surface area contributed by atoms with Gasteiger partial charge in [0.2, 0.25) is 0 Å². The van der Waals surface area contributed by atoms with Crippen molar-refractivity contribution in [2.45, 2.75) is 0 Å². The first-order chi connectivity index (χ1) is 8.39. The standard InChI is InChI=1S/C10H19NO6/c12-10-11-9-16-6-5-14-2-1-13-3-4-15-7-8-17-10/h1-9H2,(H,11,12). The van der Waals surface area contributed by atoms with Gasteiger partial charge in [-0.05, 0) is 0 Å². The number of nitrogens with one attached hydrogen (secondary N) is 1. The number of hydrogen-bond donors (Lipinski definition) is 1. The summed E-state index contributed by atoms with van der Waals surface area (Å²) in [6.45, 7) is 3.62. The molecule has 0 aromatic carbocycles. The minimum absolute atomic E-state index is 0.111. The number of carbonyl (C=O) groups is 1. The van der Waals surface area contributed by atoms with Gasteiger partial charge in [0.1, 0.15) is 13.3 Å². The van der Waals surface area contributed by atoms with E-state index in [1.54, 1.807) is 0 Å². The monoisotopic (exact) mass is 249 g/mol. The average Bonchev–Trinajstić information content (AvgIpc) is 2.32. The molecular weight excluding hydrogens is 230 g/mol. The van der Waals surface area contributed by atoms with Crippen molar-refractivity contribution < 1.29 is 28.5 Å². The number of carbonyl (C=O) groups excluding carboxylic acids is 1. The molecule has 0 saturated carbocycles. The highest BCUT2D eigenvalue weighted by Crippen LogP contribution is 1.85. The molecule has 0 unspecified atom stereocenters. The van der Waals surface area contributed by atoms with Crippen LogP contribution in [0.4, 0.5) is 4.79 Å². The maximum Gasteiger partial charge on any atom is 0.409 e. The number of hydrogen-bond acceptors (Lipinski definition) is 6. The van der Waals surface area contributed by atoms with Crippen LogP contribution in [0.25, 0.3) is 0 Å². The first-order valence-electron chi connectivity index (χ1n) is 5.61. The summed E-state index contributed by atoms with van der Waals surface area (Å²) in [6, 6.07) is 0. The summed E-state index contributed by atoms with van der Waals surface area (Å²) < 4.78 is 25.6. The number of ether oxygens (including phenoxy) is 5. The molecule has 1 aliphatic heterocycles. The average molecular weight is 249 g/mol. The Kier molecular flexibility index (Phi) is 8.57. The van der Waals surface area contributed by atoms with Crippen molar-refractivity contribution in [3.8, 4) is 0 Å². The molecule has 1 fully saturated rings. The number of cyclic esters (lactones) is 1. The molecule has 1 rings (SSSR count). The second kappa shape index (κ2) is 10.3. The first kappa shape index (κ1) is 14.2. The van der Waals surface area contributed by atoms with Crippen LogP contribution in [0.1, 0.15) is 0 Å². The molecule has 100 valence electrons. The fourth-order valence-corrected chi connectivity index (χ4v) is 1.09. The summed E-state index contributed by atoms with van der Waals surface area (Å²) in [5, 5.41) is 2.45. The van der Waals surface area contributed by atoms with Crippen LogP contribution in [0.15, 0.2) is 0 Å². The third kappa shape index (κ3) is 8.87. The molecule has 0 spiro atoms. The molecule has 7 nitrogen and oxygen atoms in total. The lowest BCUT2D eigenvalue weighted by atomic mass is 10.7. The van der Waals surface area contributed by atoms with Gasteiger partial charge in [0, 0.05) is 0 Å². The zero-order chi connectivity index (χ0) is 12.2. The van der Waals surface area contributed by atoms with E-state index in [-0.39, 0.29) is 13.3 Å². The minimum Gasteiger partial charge on any atom is -0.447 e. The summed E-state index contributed by atoms with van der Waals surface area (Å²) in [5.74, 6) is 0. The Hall–Kier alpha value is -0.890. The van der Waals surface area contributed by atoms with Crippen molar-refractivity contribution in [1.29, 1.82) is 0 Å². The maximum atomic E-state index is 11.1. The first-order valence-corrected chi connectivity index (χ1v) is 5.61. The molecule has 0 atom stereocenters. The van der Waals surface area contributed by atoms with Crippen molar-refractivity contribution in [2.24, 2.45) is 0 Å². The highest BCUT2D eigenvalue weighted by molar-refractivity contribution is 5.66. The largest absolute Gasteiger partial charge is 0.447 e. The molecule has 0 radical (unpaired) electrons. The van der Waals surface area contributed by atoms with Crippen LogP contribution in [0.5, 0.6) is 0 Å². The number of rotatable bonds is 0. The van der Waals surface area contributed by atoms with Gasteiger partial charge >= 0.3 is 6.09 Å². The molecule has 0 bridgehead atoms. The molecule has 17 heavy (non-hydrogen) atoms. The second-order valence-electron chi connectivity index (χ2n) is 3.20. The van der Waals surface area contributed by atoms with Crippen molar-refractivity contribution >= 4 is 6.09 Å². The minimum atomic E-state index is -0.516. The lowest BCUT2D eigenvalue weighted by Gasteiger charge is -2.10. The van der Waals surface area contributed by atoms with Crippen LogP contribution in [-0.4, -0.2) is 65.7 Å². The van der Waals surface area contributed by atoms with Crippen LogP contribution in [0, 0.1) is 0 Å². The molecule has 1 amide bonds. The Balaban J connectivity index is 2.11. The zero-order valence-corrected chi connectivity index (χ0v) is 9.81. The predicted octanol–water partition coefficient (Wildman–Crippen LogP) is -0.250. The molecule has 0 aromatic heterocycles. The van der Waals surface area contributed by atoms with E-state index in [4.69, 9.17) is 23.7 Å². The predicted molar refractivity (Wildman–Crippen MR) is 57.8 cm³/mol. The molecule has 1 heterocycles. The van der Waals surface area contributed by atoms with Crippen molar-refractivity contribution in [3.63, 3.8) is 0 Å². The van der Waals surface area contributed by atoms with E-state index in [0.29, 0.717) is 46.2 Å². The Labute approximate surface area is 100 Å². The quantitative estimate of drug-likeness (QED) is 0.638. The van der Waals surface area contributed by atoms with E-state index in [1.807, 2.05) is 0 Å². The highest BCUT2D eigenvalue weighted by Gasteiger charge is 2.01. The van der Waals surface area contributed by atoms with E-state index < -0.39 is 6.09 Å². The third-order valence-corrected chi connectivity index (χ3v) is 1.90. The van der Waals surface area contributed by atoms with Crippen LogP contribution < -0.4 is 5.32 Å². The highest BCUT2D eigenvalue weighted by atomic mass is 16.6. The summed E-state index contributed by atoms with van der Waals surface area (Å²) >= 11 is 0. The van der Waals surface area contributed by atoms with Gasteiger partial charge in [0.05, 0.1) is 46.2 Å². The summed E-state index contributed by atoms with van der Waals surface area (Å²) in [7, 11) is 0. The molecule has 1 aliphatic rings. The Morgan fingerprint density at radius 2 is 1.18 bits per heavy atom. The Morgan fingerprint density at radius 3 is 1.76 bits per heavy atom. The van der Waals surface area contributed by atoms with E-state index in [1.165, 1.54) is 0 Å². The summed E-state index contributed by atoms with van der Waals surface area (Å²) in [5.41, 5.74) is 0. The Bertz CT molecular complexity index is 183. The van der Waals surface area contributed by atoms with Gasteiger partial charge in [-0.15, -0.1) is 0 Å². The van der Waals surface area contributed by atoms with Crippen LogP contribution in [-0.2, 0) is 23.7 Å². The molecule has 7 heteroatoms. The van der Waals surface area contributed by atoms with Gasteiger partial charge in [0.25, 0.3) is 0 Å². The van der Waals surface area contributed by atoms with E-state index in [2.05, 4.69) is 5.32 Å². The van der Waals surface area contributed by atoms with E-state index >= 15 is 0 Å². The van der Waals surface area contributed by atoms with Crippen molar-refractivity contribution in [2.75, 3.05) is 59.6 Å². The van der Waals surface area contributed by atoms with Crippen LogP contribution in [0.3, 0.4) is 0 Å². The third-order valence-electron chi connectivity index (χ3n) is 1.90. The lowest BCUT2D eigenvalue weighted by Crippen LogP contribution is -2.29. The number of amides is 1. The van der Waals surface area contributed by atoms with Gasteiger partial charge in [-0.1, -0.05) is 0 Å². The van der Waals surface area contributed by atoms with Gasteiger partial charge in [0.15, 0.2) is 0 Å². The lowest BCUT2D eigenvalue weighted by molar-refractivity contribution is -0.0132. The normalized spacial score (nSPS) is 22.5. The summed E-state index contributed by atoms with van der Waals surface area (Å²) in [4.78, 5) is 11.1. The zero-order valence-electron chi connectivity index (χ0n) is 9.81. The van der Waals surface area contributed by atoms with Gasteiger partial charge in [-0.25, -0.2) is 4.79 Å². The second-order valence-corrected chi connectivity index (χ2v) is 3.20.